The molecule has 1 atom stereocenters. The topological polar surface area (TPSA) is 37.3 Å². The lowest BCUT2D eigenvalue weighted by Crippen LogP contribution is -2.11. The minimum Gasteiger partial charge on any atom is -0.481 e. The molecule has 0 saturated heterocycles. The van der Waals surface area contributed by atoms with E-state index in [0.29, 0.717) is 18.4 Å². The molecule has 0 heterocycles. The molecule has 1 aromatic carbocycles. The number of carbonyl (C=O) groups is 1. The average molecular weight is 278 g/mol. The molecule has 0 bridgehead atoms. The molecule has 0 aliphatic heterocycles. The van der Waals surface area contributed by atoms with Crippen molar-refractivity contribution in [2.75, 3.05) is 0 Å². The third-order valence-electron chi connectivity index (χ3n) is 2.39. The Labute approximate surface area is 107 Å². The lowest BCUT2D eigenvalue weighted by Gasteiger charge is -2.12. The molecular formula is C12H13F3O2S. The molecule has 2 nitrogen and oxygen atoms in total. The van der Waals surface area contributed by atoms with Crippen LogP contribution in [0.5, 0.6) is 0 Å². The number of aliphatic carboxylic acids is 1. The van der Waals surface area contributed by atoms with E-state index in [2.05, 4.69) is 0 Å². The predicted octanol–water partition coefficient (Wildman–Crippen LogP) is 4.27. The van der Waals surface area contributed by atoms with E-state index in [1.165, 1.54) is 24.3 Å². The maximum absolute atomic E-state index is 12.1. The summed E-state index contributed by atoms with van der Waals surface area (Å²) in [6.45, 7) is 1.86. The zero-order valence-electron chi connectivity index (χ0n) is 9.70. The first-order valence-electron chi connectivity index (χ1n) is 5.42. The van der Waals surface area contributed by atoms with Crippen LogP contribution < -0.4 is 0 Å². The number of benzene rings is 1. The van der Waals surface area contributed by atoms with Gasteiger partial charge in [0, 0.05) is 4.90 Å². The van der Waals surface area contributed by atoms with Gasteiger partial charge in [-0.1, -0.05) is 25.5 Å². The van der Waals surface area contributed by atoms with Gasteiger partial charge in [0.25, 0.3) is 0 Å². The fourth-order valence-electron chi connectivity index (χ4n) is 1.62. The van der Waals surface area contributed by atoms with Gasteiger partial charge in [0.2, 0.25) is 0 Å². The van der Waals surface area contributed by atoms with Crippen molar-refractivity contribution in [3.63, 3.8) is 0 Å². The number of thioether (sulfide) groups is 1. The first kappa shape index (κ1) is 14.9. The SMILES string of the molecule is CCCC(C(=O)O)c1ccc(SC(F)(F)F)cc1. The monoisotopic (exact) mass is 278 g/mol. The zero-order valence-corrected chi connectivity index (χ0v) is 10.5. The van der Waals surface area contributed by atoms with Crippen LogP contribution >= 0.6 is 11.8 Å². The van der Waals surface area contributed by atoms with Crippen LogP contribution in [0, 0.1) is 0 Å². The number of alkyl halides is 3. The predicted molar refractivity (Wildman–Crippen MR) is 63.6 cm³/mol. The summed E-state index contributed by atoms with van der Waals surface area (Å²) in [5.41, 5.74) is -3.78. The Morgan fingerprint density at radius 3 is 2.28 bits per heavy atom. The fourth-order valence-corrected chi connectivity index (χ4v) is 2.16. The minimum absolute atomic E-state index is 0.0619. The molecule has 0 aliphatic rings. The molecule has 0 aromatic heterocycles. The van der Waals surface area contributed by atoms with Crippen LogP contribution in [0.15, 0.2) is 29.2 Å². The van der Waals surface area contributed by atoms with Gasteiger partial charge in [0.15, 0.2) is 0 Å². The van der Waals surface area contributed by atoms with Gasteiger partial charge in [-0.25, -0.2) is 0 Å². The highest BCUT2D eigenvalue weighted by Gasteiger charge is 2.29. The number of halogens is 3. The van der Waals surface area contributed by atoms with Crippen LogP contribution in [0.25, 0.3) is 0 Å². The van der Waals surface area contributed by atoms with E-state index >= 15 is 0 Å². The maximum atomic E-state index is 12.1. The Balaban J connectivity index is 2.83. The molecule has 1 rings (SSSR count). The van der Waals surface area contributed by atoms with Crippen molar-refractivity contribution >= 4 is 17.7 Å². The molecule has 1 unspecified atom stereocenters. The highest BCUT2D eigenvalue weighted by molar-refractivity contribution is 8.00. The van der Waals surface area contributed by atoms with E-state index in [1.807, 2.05) is 6.92 Å². The van der Waals surface area contributed by atoms with Crippen molar-refractivity contribution in [1.82, 2.24) is 0 Å². The van der Waals surface area contributed by atoms with E-state index < -0.39 is 17.4 Å². The molecule has 0 radical (unpaired) electrons. The van der Waals surface area contributed by atoms with E-state index in [-0.39, 0.29) is 16.7 Å². The number of rotatable bonds is 5. The van der Waals surface area contributed by atoms with Crippen molar-refractivity contribution in [3.05, 3.63) is 29.8 Å². The second-order valence-corrected chi connectivity index (χ2v) is 4.93. The Morgan fingerprint density at radius 2 is 1.89 bits per heavy atom. The van der Waals surface area contributed by atoms with Crippen LogP contribution in [0.3, 0.4) is 0 Å². The van der Waals surface area contributed by atoms with Crippen LogP contribution in [-0.2, 0) is 4.79 Å². The first-order chi connectivity index (χ1) is 8.33. The zero-order chi connectivity index (χ0) is 13.8. The van der Waals surface area contributed by atoms with E-state index in [1.54, 1.807) is 0 Å². The van der Waals surface area contributed by atoms with Gasteiger partial charge in [0.05, 0.1) is 5.92 Å². The molecule has 6 heteroatoms. The Bertz CT molecular complexity index is 401. The second-order valence-electron chi connectivity index (χ2n) is 3.80. The number of carboxylic acid groups (broad SMARTS) is 1. The number of carboxylic acids is 1. The van der Waals surface area contributed by atoms with E-state index in [9.17, 15) is 18.0 Å². The van der Waals surface area contributed by atoms with E-state index in [4.69, 9.17) is 5.11 Å². The van der Waals surface area contributed by atoms with Crippen LogP contribution in [0.1, 0.15) is 31.2 Å². The van der Waals surface area contributed by atoms with Gasteiger partial charge in [-0.2, -0.15) is 13.2 Å². The summed E-state index contributed by atoms with van der Waals surface area (Å²) in [5.74, 6) is -1.60. The van der Waals surface area contributed by atoms with Gasteiger partial charge in [-0.15, -0.1) is 0 Å². The molecule has 0 fully saturated rings. The molecule has 0 saturated carbocycles. The summed E-state index contributed by atoms with van der Waals surface area (Å²) in [7, 11) is 0. The summed E-state index contributed by atoms with van der Waals surface area (Å²) in [6.07, 6.45) is 1.18. The molecule has 0 amide bonds. The highest BCUT2D eigenvalue weighted by Crippen LogP contribution is 2.37. The lowest BCUT2D eigenvalue weighted by molar-refractivity contribution is -0.139. The average Bonchev–Trinajstić information content (AvgIpc) is 2.25. The van der Waals surface area contributed by atoms with Gasteiger partial charge < -0.3 is 5.11 Å². The maximum Gasteiger partial charge on any atom is 0.446 e. The van der Waals surface area contributed by atoms with Gasteiger partial charge in [0.1, 0.15) is 0 Å². The van der Waals surface area contributed by atoms with E-state index in [0.717, 1.165) is 0 Å². The molecule has 0 aliphatic carbocycles. The number of hydrogen-bond acceptors (Lipinski definition) is 2. The van der Waals surface area contributed by atoms with Gasteiger partial charge in [-0.3, -0.25) is 4.79 Å². The quantitative estimate of drug-likeness (QED) is 0.817. The lowest BCUT2D eigenvalue weighted by atomic mass is 9.95. The summed E-state index contributed by atoms with van der Waals surface area (Å²) >= 11 is -0.205. The highest BCUT2D eigenvalue weighted by atomic mass is 32.2. The summed E-state index contributed by atoms with van der Waals surface area (Å²) in [6, 6.07) is 5.50. The van der Waals surface area contributed by atoms with Crippen molar-refractivity contribution in [3.8, 4) is 0 Å². The van der Waals surface area contributed by atoms with Crippen LogP contribution in [0.4, 0.5) is 13.2 Å². The van der Waals surface area contributed by atoms with Gasteiger partial charge >= 0.3 is 11.5 Å². The molecule has 1 N–H and O–H groups in total. The minimum atomic E-state index is -4.32. The molecule has 100 valence electrons. The molecule has 1 aromatic rings. The summed E-state index contributed by atoms with van der Waals surface area (Å²) in [5, 5.41) is 9.03. The molecule has 0 spiro atoms. The van der Waals surface area contributed by atoms with Crippen molar-refractivity contribution in [1.29, 1.82) is 0 Å². The third-order valence-corrected chi connectivity index (χ3v) is 3.13. The number of hydrogen-bond donors (Lipinski definition) is 1. The van der Waals surface area contributed by atoms with Gasteiger partial charge in [-0.05, 0) is 35.9 Å². The third kappa shape index (κ3) is 4.60. The van der Waals surface area contributed by atoms with Crippen molar-refractivity contribution in [2.45, 2.75) is 36.1 Å². The Hall–Kier alpha value is -1.17. The summed E-state index contributed by atoms with van der Waals surface area (Å²) in [4.78, 5) is 11.1. The Kier molecular flexibility index (Phi) is 5.07. The van der Waals surface area contributed by atoms with Crippen molar-refractivity contribution in [2.24, 2.45) is 0 Å². The molecular weight excluding hydrogens is 265 g/mol. The molecule has 18 heavy (non-hydrogen) atoms. The van der Waals surface area contributed by atoms with Crippen molar-refractivity contribution < 1.29 is 23.1 Å². The van der Waals surface area contributed by atoms with Crippen LogP contribution in [0.2, 0.25) is 0 Å². The smallest absolute Gasteiger partial charge is 0.446 e. The second kappa shape index (κ2) is 6.13. The normalized spacial score (nSPS) is 13.3. The summed E-state index contributed by atoms with van der Waals surface area (Å²) < 4.78 is 36.4. The van der Waals surface area contributed by atoms with Crippen LogP contribution in [-0.4, -0.2) is 16.6 Å². The fraction of sp³-hybridized carbons (Fsp3) is 0.417. The standard InChI is InChI=1S/C12H13F3O2S/c1-2-3-10(11(16)17)8-4-6-9(7-5-8)18-12(13,14)15/h4-7,10H,2-3H2,1H3,(H,16,17). The Morgan fingerprint density at radius 1 is 1.33 bits per heavy atom. The largest absolute Gasteiger partial charge is 0.481 e. The first-order valence-corrected chi connectivity index (χ1v) is 6.23.